The van der Waals surface area contributed by atoms with Gasteiger partial charge in [-0.1, -0.05) is 35.3 Å². The molecule has 0 N–H and O–H groups in total. The summed E-state index contributed by atoms with van der Waals surface area (Å²) < 4.78 is 16.9. The van der Waals surface area contributed by atoms with Gasteiger partial charge in [-0.15, -0.1) is 0 Å². The van der Waals surface area contributed by atoms with Crippen LogP contribution in [0.2, 0.25) is 10.0 Å². The molecule has 1 aromatic heterocycles. The van der Waals surface area contributed by atoms with Gasteiger partial charge in [-0.2, -0.15) is 0 Å². The van der Waals surface area contributed by atoms with Gasteiger partial charge in [0, 0.05) is 45.1 Å². The molecular weight excluding hydrogens is 451 g/mol. The third-order valence-corrected chi connectivity index (χ3v) is 6.26. The van der Waals surface area contributed by atoms with Crippen LogP contribution in [0, 0.1) is 0 Å². The number of fused-ring (bicyclic) bond motifs is 1. The van der Waals surface area contributed by atoms with Crippen molar-refractivity contribution < 1.29 is 14.2 Å². The zero-order valence-electron chi connectivity index (χ0n) is 17.3. The first-order chi connectivity index (χ1) is 15.7. The Balaban J connectivity index is 1.19. The number of benzene rings is 2. The first-order valence-corrected chi connectivity index (χ1v) is 11.1. The average molecular weight is 473 g/mol. The zero-order chi connectivity index (χ0) is 21.9. The lowest BCUT2D eigenvalue weighted by molar-refractivity contribution is 0.174. The van der Waals surface area contributed by atoms with Crippen molar-refractivity contribution in [2.45, 2.75) is 13.2 Å². The number of hydrogen-bond donors (Lipinski definition) is 0. The van der Waals surface area contributed by atoms with Gasteiger partial charge < -0.3 is 19.1 Å². The van der Waals surface area contributed by atoms with Crippen LogP contribution in [-0.4, -0.2) is 47.8 Å². The second-order valence-corrected chi connectivity index (χ2v) is 8.49. The highest BCUT2D eigenvalue weighted by Gasteiger charge is 2.22. The van der Waals surface area contributed by atoms with Gasteiger partial charge in [0.25, 0.3) is 5.88 Å². The predicted molar refractivity (Wildman–Crippen MR) is 123 cm³/mol. The van der Waals surface area contributed by atoms with E-state index >= 15 is 0 Å². The smallest absolute Gasteiger partial charge is 0.257 e. The summed E-state index contributed by atoms with van der Waals surface area (Å²) in [5.74, 6) is 2.91. The molecule has 32 heavy (non-hydrogen) atoms. The summed E-state index contributed by atoms with van der Waals surface area (Å²) in [5.41, 5.74) is 2.14. The van der Waals surface area contributed by atoms with E-state index in [1.54, 1.807) is 24.5 Å². The molecular formula is C23H22Cl2N4O3. The summed E-state index contributed by atoms with van der Waals surface area (Å²) in [6.45, 7) is 5.01. The summed E-state index contributed by atoms with van der Waals surface area (Å²) in [6.07, 6.45) is 3.34. The standard InChI is InChI=1S/C23H22Cl2N4O3/c24-18-3-1-17(11-19(18)25)14-30-23-22(26-5-6-27-23)29-9-7-28(8-10-29)13-16-2-4-20-21(12-16)32-15-31-20/h1-6,11-12H,7-10,13-15H2. The molecule has 0 amide bonds. The van der Waals surface area contributed by atoms with Crippen molar-refractivity contribution >= 4 is 29.0 Å². The maximum Gasteiger partial charge on any atom is 0.257 e. The fourth-order valence-corrected chi connectivity index (χ4v) is 4.15. The number of nitrogens with zero attached hydrogens (tertiary/aromatic N) is 4. The normalized spacial score (nSPS) is 15.8. The van der Waals surface area contributed by atoms with Gasteiger partial charge in [0.15, 0.2) is 17.3 Å². The molecule has 1 saturated heterocycles. The Bertz CT molecular complexity index is 1110. The van der Waals surface area contributed by atoms with Gasteiger partial charge >= 0.3 is 0 Å². The van der Waals surface area contributed by atoms with Crippen molar-refractivity contribution in [3.8, 4) is 17.4 Å². The van der Waals surface area contributed by atoms with Crippen LogP contribution in [-0.2, 0) is 13.2 Å². The minimum atomic E-state index is 0.297. The lowest BCUT2D eigenvalue weighted by Crippen LogP contribution is -2.46. The highest BCUT2D eigenvalue weighted by atomic mass is 35.5. The van der Waals surface area contributed by atoms with Crippen molar-refractivity contribution in [1.82, 2.24) is 14.9 Å². The summed E-state index contributed by atoms with van der Waals surface area (Å²) in [7, 11) is 0. The molecule has 9 heteroatoms. The fourth-order valence-electron chi connectivity index (χ4n) is 3.83. The number of aromatic nitrogens is 2. The number of piperazine rings is 1. The topological polar surface area (TPSA) is 60.0 Å². The van der Waals surface area contributed by atoms with Crippen molar-refractivity contribution in [3.05, 3.63) is 70.0 Å². The Morgan fingerprint density at radius 2 is 1.62 bits per heavy atom. The summed E-state index contributed by atoms with van der Waals surface area (Å²) in [4.78, 5) is 13.6. The minimum Gasteiger partial charge on any atom is -0.470 e. The predicted octanol–water partition coefficient (Wildman–Crippen LogP) is 4.41. The van der Waals surface area contributed by atoms with E-state index in [2.05, 4.69) is 31.9 Å². The molecule has 1 fully saturated rings. The van der Waals surface area contributed by atoms with Crippen LogP contribution in [0.4, 0.5) is 5.82 Å². The third kappa shape index (κ3) is 4.70. The molecule has 0 saturated carbocycles. The second kappa shape index (κ2) is 9.40. The summed E-state index contributed by atoms with van der Waals surface area (Å²) >= 11 is 12.1. The molecule has 0 spiro atoms. The Morgan fingerprint density at radius 3 is 2.47 bits per heavy atom. The van der Waals surface area contributed by atoms with Crippen LogP contribution in [0.25, 0.3) is 0 Å². The van der Waals surface area contributed by atoms with Crippen molar-refractivity contribution in [1.29, 1.82) is 0 Å². The van der Waals surface area contributed by atoms with E-state index < -0.39 is 0 Å². The van der Waals surface area contributed by atoms with E-state index in [1.807, 2.05) is 12.1 Å². The number of anilines is 1. The molecule has 0 unspecified atom stereocenters. The summed E-state index contributed by atoms with van der Waals surface area (Å²) in [6, 6.07) is 11.6. The monoisotopic (exact) mass is 472 g/mol. The van der Waals surface area contributed by atoms with E-state index in [4.69, 9.17) is 37.4 Å². The van der Waals surface area contributed by atoms with Gasteiger partial charge in [0.05, 0.1) is 10.0 Å². The molecule has 3 heterocycles. The van der Waals surface area contributed by atoms with E-state index in [9.17, 15) is 0 Å². The van der Waals surface area contributed by atoms with Gasteiger partial charge in [-0.05, 0) is 35.4 Å². The van der Waals surface area contributed by atoms with Crippen molar-refractivity contribution in [3.63, 3.8) is 0 Å². The molecule has 166 valence electrons. The van der Waals surface area contributed by atoms with Crippen molar-refractivity contribution in [2.24, 2.45) is 0 Å². The first kappa shape index (κ1) is 21.1. The van der Waals surface area contributed by atoms with E-state index in [0.29, 0.717) is 29.3 Å². The van der Waals surface area contributed by atoms with E-state index in [-0.39, 0.29) is 0 Å². The van der Waals surface area contributed by atoms with Crippen LogP contribution in [0.1, 0.15) is 11.1 Å². The van der Waals surface area contributed by atoms with Crippen LogP contribution < -0.4 is 19.1 Å². The molecule has 0 aliphatic carbocycles. The fraction of sp³-hybridized carbons (Fsp3) is 0.304. The molecule has 2 aromatic carbocycles. The molecule has 2 aliphatic heterocycles. The quantitative estimate of drug-likeness (QED) is 0.526. The lowest BCUT2D eigenvalue weighted by Gasteiger charge is -2.35. The summed E-state index contributed by atoms with van der Waals surface area (Å²) in [5, 5.41) is 1.03. The third-order valence-electron chi connectivity index (χ3n) is 5.52. The molecule has 5 rings (SSSR count). The highest BCUT2D eigenvalue weighted by Crippen LogP contribution is 2.33. The lowest BCUT2D eigenvalue weighted by atomic mass is 10.1. The van der Waals surface area contributed by atoms with Crippen LogP contribution in [0.5, 0.6) is 17.4 Å². The van der Waals surface area contributed by atoms with Gasteiger partial charge in [0.2, 0.25) is 6.79 Å². The molecule has 3 aromatic rings. The number of ether oxygens (including phenoxy) is 3. The first-order valence-electron chi connectivity index (χ1n) is 10.4. The van der Waals surface area contributed by atoms with E-state index in [1.165, 1.54) is 5.56 Å². The number of hydrogen-bond acceptors (Lipinski definition) is 7. The van der Waals surface area contributed by atoms with Crippen LogP contribution >= 0.6 is 23.2 Å². The second-order valence-electron chi connectivity index (χ2n) is 7.67. The number of halogens is 2. The maximum atomic E-state index is 6.11. The van der Waals surface area contributed by atoms with Gasteiger partial charge in [0.1, 0.15) is 6.61 Å². The van der Waals surface area contributed by atoms with Crippen molar-refractivity contribution in [2.75, 3.05) is 37.9 Å². The van der Waals surface area contributed by atoms with Crippen LogP contribution in [0.15, 0.2) is 48.8 Å². The molecule has 0 bridgehead atoms. The Kier molecular flexibility index (Phi) is 6.21. The van der Waals surface area contributed by atoms with Crippen LogP contribution in [0.3, 0.4) is 0 Å². The van der Waals surface area contributed by atoms with E-state index in [0.717, 1.165) is 55.6 Å². The molecule has 7 nitrogen and oxygen atoms in total. The SMILES string of the molecule is Clc1ccc(COc2nccnc2N2CCN(Cc3ccc4c(c3)OCO4)CC2)cc1Cl. The molecule has 2 aliphatic rings. The average Bonchev–Trinajstić information content (AvgIpc) is 3.29. The Labute approximate surface area is 196 Å². The largest absolute Gasteiger partial charge is 0.470 e. The molecule has 0 atom stereocenters. The molecule has 0 radical (unpaired) electrons. The van der Waals surface area contributed by atoms with Gasteiger partial charge in [-0.3, -0.25) is 4.90 Å². The minimum absolute atomic E-state index is 0.297. The van der Waals surface area contributed by atoms with Gasteiger partial charge in [-0.25, -0.2) is 9.97 Å². The highest BCUT2D eigenvalue weighted by molar-refractivity contribution is 6.42. The zero-order valence-corrected chi connectivity index (χ0v) is 18.8. The number of rotatable bonds is 6. The Morgan fingerprint density at radius 1 is 0.844 bits per heavy atom. The maximum absolute atomic E-state index is 6.11. The Hall–Kier alpha value is -2.74.